The number of carbonyl (C=O) groups is 1. The van der Waals surface area contributed by atoms with Gasteiger partial charge < -0.3 is 9.64 Å². The van der Waals surface area contributed by atoms with Gasteiger partial charge in [-0.1, -0.05) is 6.92 Å². The van der Waals surface area contributed by atoms with E-state index in [1.165, 1.54) is 0 Å². The Morgan fingerprint density at radius 3 is 3.00 bits per heavy atom. The van der Waals surface area contributed by atoms with Gasteiger partial charge in [-0.3, -0.25) is 10.1 Å². The fraction of sp³-hybridized carbons (Fsp3) is 0.875. The van der Waals surface area contributed by atoms with Crippen molar-refractivity contribution in [2.75, 3.05) is 26.9 Å². The minimum absolute atomic E-state index is 0.0295. The summed E-state index contributed by atoms with van der Waals surface area (Å²) in [5, 5.41) is 3.14. The highest BCUT2D eigenvalue weighted by Crippen LogP contribution is 2.05. The Balaban J connectivity index is 2.33. The fourth-order valence-corrected chi connectivity index (χ4v) is 1.32. The molecule has 0 aromatic rings. The van der Waals surface area contributed by atoms with Crippen LogP contribution in [0.2, 0.25) is 0 Å². The Morgan fingerprint density at radius 2 is 2.50 bits per heavy atom. The molecule has 0 radical (unpaired) electrons. The average molecular weight is 172 g/mol. The van der Waals surface area contributed by atoms with Crippen LogP contribution in [0.3, 0.4) is 0 Å². The smallest absolute Gasteiger partial charge is 0.240 e. The van der Waals surface area contributed by atoms with Gasteiger partial charge in [0, 0.05) is 13.7 Å². The molecule has 1 unspecified atom stereocenters. The first-order valence-corrected chi connectivity index (χ1v) is 4.30. The summed E-state index contributed by atoms with van der Waals surface area (Å²) in [7, 11) is 1.64. The summed E-state index contributed by atoms with van der Waals surface area (Å²) in [5.74, 6) is 0.203. The van der Waals surface area contributed by atoms with E-state index in [4.69, 9.17) is 4.74 Å². The zero-order valence-corrected chi connectivity index (χ0v) is 7.67. The van der Waals surface area contributed by atoms with E-state index < -0.39 is 0 Å². The molecule has 1 N–H and O–H groups in total. The Kier molecular flexibility index (Phi) is 3.49. The maximum atomic E-state index is 11.5. The van der Waals surface area contributed by atoms with Gasteiger partial charge in [0.25, 0.3) is 0 Å². The molecule has 1 atom stereocenters. The molecule has 1 heterocycles. The number of amides is 1. The predicted octanol–water partition coefficient (Wildman–Crippen LogP) is -0.199. The lowest BCUT2D eigenvalue weighted by Crippen LogP contribution is -2.32. The first kappa shape index (κ1) is 9.48. The van der Waals surface area contributed by atoms with Crippen molar-refractivity contribution in [1.82, 2.24) is 10.2 Å². The van der Waals surface area contributed by atoms with Gasteiger partial charge >= 0.3 is 0 Å². The zero-order chi connectivity index (χ0) is 8.97. The first-order chi connectivity index (χ1) is 5.79. The largest absolute Gasteiger partial charge is 0.383 e. The molecular weight excluding hydrogens is 156 g/mol. The number of rotatable bonds is 4. The molecule has 0 saturated carbocycles. The number of ether oxygens (including phenoxy) is 1. The third kappa shape index (κ3) is 1.95. The monoisotopic (exact) mass is 172 g/mol. The van der Waals surface area contributed by atoms with Crippen LogP contribution < -0.4 is 5.32 Å². The number of hydrogen-bond donors (Lipinski definition) is 1. The van der Waals surface area contributed by atoms with E-state index in [9.17, 15) is 4.79 Å². The van der Waals surface area contributed by atoms with Crippen molar-refractivity contribution in [3.8, 4) is 0 Å². The van der Waals surface area contributed by atoms with Crippen LogP contribution >= 0.6 is 0 Å². The Bertz CT molecular complexity index is 161. The molecule has 4 heteroatoms. The van der Waals surface area contributed by atoms with Crippen LogP contribution in [0.25, 0.3) is 0 Å². The highest BCUT2D eigenvalue weighted by molar-refractivity contribution is 5.83. The Morgan fingerprint density at radius 1 is 1.75 bits per heavy atom. The molecule has 0 aliphatic carbocycles. The molecule has 0 aromatic carbocycles. The molecule has 1 aliphatic heterocycles. The Hall–Kier alpha value is -0.610. The second-order valence-electron chi connectivity index (χ2n) is 2.92. The van der Waals surface area contributed by atoms with E-state index in [2.05, 4.69) is 5.32 Å². The third-order valence-corrected chi connectivity index (χ3v) is 2.11. The first-order valence-electron chi connectivity index (χ1n) is 4.30. The van der Waals surface area contributed by atoms with Crippen LogP contribution in [0.1, 0.15) is 13.3 Å². The maximum Gasteiger partial charge on any atom is 0.240 e. The predicted molar refractivity (Wildman–Crippen MR) is 45.7 cm³/mol. The van der Waals surface area contributed by atoms with Crippen LogP contribution in [-0.4, -0.2) is 43.8 Å². The summed E-state index contributed by atoms with van der Waals surface area (Å²) in [6.07, 6.45) is 0.863. The van der Waals surface area contributed by atoms with Crippen LogP contribution in [0.5, 0.6) is 0 Å². The third-order valence-electron chi connectivity index (χ3n) is 2.11. The van der Waals surface area contributed by atoms with Crippen molar-refractivity contribution in [2.45, 2.75) is 19.4 Å². The van der Waals surface area contributed by atoms with E-state index in [1.807, 2.05) is 6.92 Å². The highest BCUT2D eigenvalue weighted by atomic mass is 16.5. The summed E-state index contributed by atoms with van der Waals surface area (Å²) in [5.41, 5.74) is 0. The molecular formula is C8H16N2O2. The quantitative estimate of drug-likeness (QED) is 0.638. The van der Waals surface area contributed by atoms with Crippen molar-refractivity contribution in [1.29, 1.82) is 0 Å². The molecule has 70 valence electrons. The lowest BCUT2D eigenvalue weighted by Gasteiger charge is -2.13. The lowest BCUT2D eigenvalue weighted by atomic mass is 10.2. The van der Waals surface area contributed by atoms with Gasteiger partial charge in [0.2, 0.25) is 5.91 Å². The molecule has 0 aromatic heterocycles. The molecule has 1 rings (SSSR count). The van der Waals surface area contributed by atoms with E-state index in [0.717, 1.165) is 6.42 Å². The molecule has 12 heavy (non-hydrogen) atoms. The van der Waals surface area contributed by atoms with Crippen molar-refractivity contribution in [3.63, 3.8) is 0 Å². The molecule has 1 fully saturated rings. The number of nitrogens with one attached hydrogen (secondary N) is 1. The van der Waals surface area contributed by atoms with Gasteiger partial charge in [0.1, 0.15) is 0 Å². The van der Waals surface area contributed by atoms with E-state index in [-0.39, 0.29) is 11.9 Å². The highest BCUT2D eigenvalue weighted by Gasteiger charge is 2.28. The van der Waals surface area contributed by atoms with Crippen LogP contribution in [0.4, 0.5) is 0 Å². The minimum Gasteiger partial charge on any atom is -0.383 e. The van der Waals surface area contributed by atoms with Crippen LogP contribution in [0, 0.1) is 0 Å². The number of hydrogen-bond acceptors (Lipinski definition) is 3. The van der Waals surface area contributed by atoms with E-state index >= 15 is 0 Å². The second-order valence-corrected chi connectivity index (χ2v) is 2.92. The summed E-state index contributed by atoms with van der Waals surface area (Å²) in [6.45, 7) is 3.98. The second kappa shape index (κ2) is 4.42. The van der Waals surface area contributed by atoms with Gasteiger partial charge in [-0.05, 0) is 6.42 Å². The summed E-state index contributed by atoms with van der Waals surface area (Å²) >= 11 is 0. The number of nitrogens with zero attached hydrogens (tertiary/aromatic N) is 1. The SMILES string of the molecule is CCC1NCN(CCOC)C1=O. The lowest BCUT2D eigenvalue weighted by molar-refractivity contribution is -0.129. The molecule has 0 spiro atoms. The van der Waals surface area contributed by atoms with Crippen molar-refractivity contribution in [3.05, 3.63) is 0 Å². The average Bonchev–Trinajstić information content (AvgIpc) is 2.43. The van der Waals surface area contributed by atoms with Gasteiger partial charge in [0.15, 0.2) is 0 Å². The maximum absolute atomic E-state index is 11.5. The summed E-state index contributed by atoms with van der Waals surface area (Å²) < 4.78 is 4.90. The topological polar surface area (TPSA) is 41.6 Å². The summed E-state index contributed by atoms with van der Waals surface area (Å²) in [4.78, 5) is 13.2. The van der Waals surface area contributed by atoms with Crippen LogP contribution in [0.15, 0.2) is 0 Å². The molecule has 1 amide bonds. The standard InChI is InChI=1S/C8H16N2O2/c1-3-7-8(11)10(6-9-7)4-5-12-2/h7,9H,3-6H2,1-2H3. The van der Waals surface area contributed by atoms with Crippen molar-refractivity contribution < 1.29 is 9.53 Å². The van der Waals surface area contributed by atoms with Gasteiger partial charge in [-0.2, -0.15) is 0 Å². The molecule has 1 saturated heterocycles. The zero-order valence-electron chi connectivity index (χ0n) is 7.67. The number of carbonyl (C=O) groups excluding carboxylic acids is 1. The van der Waals surface area contributed by atoms with E-state index in [0.29, 0.717) is 19.8 Å². The summed E-state index contributed by atoms with van der Waals surface area (Å²) in [6, 6.07) is 0.0295. The van der Waals surface area contributed by atoms with Gasteiger partial charge in [-0.25, -0.2) is 0 Å². The number of methoxy groups -OCH3 is 1. The molecule has 4 nitrogen and oxygen atoms in total. The van der Waals surface area contributed by atoms with E-state index in [1.54, 1.807) is 12.0 Å². The normalized spacial score (nSPS) is 23.7. The van der Waals surface area contributed by atoms with Gasteiger partial charge in [0.05, 0.1) is 19.3 Å². The molecule has 1 aliphatic rings. The Labute approximate surface area is 72.9 Å². The fourth-order valence-electron chi connectivity index (χ4n) is 1.32. The van der Waals surface area contributed by atoms with Crippen molar-refractivity contribution in [2.24, 2.45) is 0 Å². The minimum atomic E-state index is 0.0295. The van der Waals surface area contributed by atoms with Crippen molar-refractivity contribution >= 4 is 5.91 Å². The molecule has 0 bridgehead atoms. The van der Waals surface area contributed by atoms with Crippen LogP contribution in [-0.2, 0) is 9.53 Å². The van der Waals surface area contributed by atoms with Gasteiger partial charge in [-0.15, -0.1) is 0 Å².